The molecular weight excluding hydrogens is 275 g/mol. The number of aromatic nitrogens is 2. The fourth-order valence-electron chi connectivity index (χ4n) is 2.06. The number of carbonyl (C=O) groups excluding carboxylic acids is 1. The fourth-order valence-corrected chi connectivity index (χ4v) is 2.06. The van der Waals surface area contributed by atoms with Gasteiger partial charge in [-0.05, 0) is 12.8 Å². The van der Waals surface area contributed by atoms with E-state index in [0.29, 0.717) is 25.3 Å². The third-order valence-electron chi connectivity index (χ3n) is 2.92. The van der Waals surface area contributed by atoms with Gasteiger partial charge in [-0.1, -0.05) is 0 Å². The van der Waals surface area contributed by atoms with E-state index in [1.54, 1.807) is 6.07 Å². The average Bonchev–Trinajstić information content (AvgIpc) is 2.38. The number of piperidine rings is 1. The summed E-state index contributed by atoms with van der Waals surface area (Å²) in [6, 6.07) is 1.57. The second kappa shape index (κ2) is 6.06. The Labute approximate surface area is 113 Å². The summed E-state index contributed by atoms with van der Waals surface area (Å²) < 4.78 is 42.2. The van der Waals surface area contributed by atoms with E-state index in [1.165, 1.54) is 17.4 Å². The van der Waals surface area contributed by atoms with E-state index in [4.69, 9.17) is 4.74 Å². The normalized spacial score (nSPS) is 19.8. The third kappa shape index (κ3) is 4.36. The monoisotopic (exact) mass is 289 g/mol. The highest BCUT2D eigenvalue weighted by Crippen LogP contribution is 2.23. The van der Waals surface area contributed by atoms with Gasteiger partial charge in [-0.15, -0.1) is 0 Å². The first-order valence-corrected chi connectivity index (χ1v) is 6.21. The van der Waals surface area contributed by atoms with Gasteiger partial charge in [-0.25, -0.2) is 9.97 Å². The van der Waals surface area contributed by atoms with Gasteiger partial charge >= 0.3 is 6.18 Å². The second-order valence-corrected chi connectivity index (χ2v) is 4.56. The first-order valence-electron chi connectivity index (χ1n) is 6.21. The standard InChI is InChI=1S/C12H14F3N3O2/c13-12(14,15)6-11(19)18-5-1-2-9(7-18)20-10-3-4-16-8-17-10/h3-4,8-9H,1-2,5-7H2/t9-/m1/s1. The topological polar surface area (TPSA) is 55.3 Å². The molecule has 1 aromatic heterocycles. The van der Waals surface area contributed by atoms with Crippen LogP contribution in [0.1, 0.15) is 19.3 Å². The van der Waals surface area contributed by atoms with E-state index in [-0.39, 0.29) is 12.6 Å². The molecule has 0 bridgehead atoms. The van der Waals surface area contributed by atoms with E-state index in [1.807, 2.05) is 0 Å². The molecule has 1 aromatic rings. The highest BCUT2D eigenvalue weighted by molar-refractivity contribution is 5.77. The van der Waals surface area contributed by atoms with Crippen LogP contribution in [0.15, 0.2) is 18.6 Å². The Bertz CT molecular complexity index is 453. The van der Waals surface area contributed by atoms with Crippen LogP contribution in [0.4, 0.5) is 13.2 Å². The largest absolute Gasteiger partial charge is 0.472 e. The van der Waals surface area contributed by atoms with Crippen molar-refractivity contribution < 1.29 is 22.7 Å². The van der Waals surface area contributed by atoms with Crippen LogP contribution in [0, 0.1) is 0 Å². The molecular formula is C12H14F3N3O2. The van der Waals surface area contributed by atoms with Gasteiger partial charge in [0.1, 0.15) is 18.9 Å². The lowest BCUT2D eigenvalue weighted by molar-refractivity contribution is -0.163. The quantitative estimate of drug-likeness (QED) is 0.851. The molecule has 0 radical (unpaired) electrons. The molecule has 1 aliphatic heterocycles. The molecule has 1 atom stereocenters. The third-order valence-corrected chi connectivity index (χ3v) is 2.92. The van der Waals surface area contributed by atoms with E-state index < -0.39 is 18.5 Å². The van der Waals surface area contributed by atoms with Crippen LogP contribution in [-0.2, 0) is 4.79 Å². The predicted octanol–water partition coefficient (Wildman–Crippen LogP) is 1.80. The van der Waals surface area contributed by atoms with Gasteiger partial charge in [0.15, 0.2) is 0 Å². The summed E-state index contributed by atoms with van der Waals surface area (Å²) in [4.78, 5) is 20.4. The Morgan fingerprint density at radius 2 is 2.30 bits per heavy atom. The summed E-state index contributed by atoms with van der Waals surface area (Å²) in [6.07, 6.45) is -2.11. The van der Waals surface area contributed by atoms with Gasteiger partial charge in [0.05, 0.1) is 6.54 Å². The Hall–Kier alpha value is -1.86. The van der Waals surface area contributed by atoms with Crippen molar-refractivity contribution in [2.45, 2.75) is 31.5 Å². The number of amides is 1. The molecule has 1 saturated heterocycles. The Balaban J connectivity index is 1.90. The Kier molecular flexibility index (Phi) is 4.41. The molecule has 2 rings (SSSR count). The lowest BCUT2D eigenvalue weighted by atomic mass is 10.1. The zero-order chi connectivity index (χ0) is 14.6. The molecule has 110 valence electrons. The molecule has 1 fully saturated rings. The van der Waals surface area contributed by atoms with Crippen molar-refractivity contribution in [2.24, 2.45) is 0 Å². The molecule has 0 unspecified atom stereocenters. The highest BCUT2D eigenvalue weighted by atomic mass is 19.4. The molecule has 1 amide bonds. The summed E-state index contributed by atoms with van der Waals surface area (Å²) in [5, 5.41) is 0. The van der Waals surface area contributed by atoms with Gasteiger partial charge in [0.25, 0.3) is 0 Å². The Morgan fingerprint density at radius 1 is 1.50 bits per heavy atom. The minimum absolute atomic E-state index is 0.152. The number of carbonyl (C=O) groups is 1. The summed E-state index contributed by atoms with van der Waals surface area (Å²) in [5.74, 6) is -0.552. The number of nitrogens with zero attached hydrogens (tertiary/aromatic N) is 3. The molecule has 2 heterocycles. The van der Waals surface area contributed by atoms with Crippen LogP contribution in [0.5, 0.6) is 5.88 Å². The maximum atomic E-state index is 12.2. The molecule has 0 N–H and O–H groups in total. The lowest BCUT2D eigenvalue weighted by Crippen LogP contribution is -2.45. The minimum atomic E-state index is -4.47. The maximum absolute atomic E-state index is 12.2. The minimum Gasteiger partial charge on any atom is -0.472 e. The van der Waals surface area contributed by atoms with Crippen molar-refractivity contribution in [2.75, 3.05) is 13.1 Å². The van der Waals surface area contributed by atoms with E-state index in [2.05, 4.69) is 9.97 Å². The second-order valence-electron chi connectivity index (χ2n) is 4.56. The van der Waals surface area contributed by atoms with Gasteiger partial charge in [0.2, 0.25) is 11.8 Å². The van der Waals surface area contributed by atoms with Crippen LogP contribution in [-0.4, -0.2) is 46.1 Å². The number of alkyl halides is 3. The molecule has 20 heavy (non-hydrogen) atoms. The number of ether oxygens (including phenoxy) is 1. The van der Waals surface area contributed by atoms with Crippen molar-refractivity contribution in [1.29, 1.82) is 0 Å². The predicted molar refractivity (Wildman–Crippen MR) is 62.9 cm³/mol. The zero-order valence-electron chi connectivity index (χ0n) is 10.6. The summed E-state index contributed by atoms with van der Waals surface area (Å²) in [6.45, 7) is 0.484. The molecule has 0 saturated carbocycles. The molecule has 8 heteroatoms. The first-order chi connectivity index (χ1) is 9.44. The number of hydrogen-bond acceptors (Lipinski definition) is 4. The van der Waals surface area contributed by atoms with Crippen LogP contribution >= 0.6 is 0 Å². The Morgan fingerprint density at radius 3 is 2.95 bits per heavy atom. The number of hydrogen-bond donors (Lipinski definition) is 0. The number of rotatable bonds is 3. The van der Waals surface area contributed by atoms with Crippen molar-refractivity contribution in [3.63, 3.8) is 0 Å². The van der Waals surface area contributed by atoms with Crippen LogP contribution in [0.25, 0.3) is 0 Å². The van der Waals surface area contributed by atoms with Crippen molar-refractivity contribution >= 4 is 5.91 Å². The zero-order valence-corrected chi connectivity index (χ0v) is 10.6. The molecule has 1 aliphatic rings. The van der Waals surface area contributed by atoms with Crippen molar-refractivity contribution in [3.05, 3.63) is 18.6 Å². The molecule has 5 nitrogen and oxygen atoms in total. The number of likely N-dealkylation sites (tertiary alicyclic amines) is 1. The fraction of sp³-hybridized carbons (Fsp3) is 0.583. The van der Waals surface area contributed by atoms with Gasteiger partial charge in [0, 0.05) is 18.8 Å². The van der Waals surface area contributed by atoms with E-state index in [0.717, 1.165) is 0 Å². The van der Waals surface area contributed by atoms with Crippen LogP contribution < -0.4 is 4.74 Å². The summed E-state index contributed by atoms with van der Waals surface area (Å²) >= 11 is 0. The van der Waals surface area contributed by atoms with Crippen molar-refractivity contribution in [3.8, 4) is 5.88 Å². The molecule has 0 aromatic carbocycles. The smallest absolute Gasteiger partial charge is 0.397 e. The van der Waals surface area contributed by atoms with Crippen LogP contribution in [0.3, 0.4) is 0 Å². The van der Waals surface area contributed by atoms with Gasteiger partial charge in [-0.3, -0.25) is 4.79 Å². The van der Waals surface area contributed by atoms with Gasteiger partial charge in [-0.2, -0.15) is 13.2 Å². The maximum Gasteiger partial charge on any atom is 0.397 e. The average molecular weight is 289 g/mol. The van der Waals surface area contributed by atoms with Crippen LogP contribution in [0.2, 0.25) is 0 Å². The molecule has 0 spiro atoms. The number of halogens is 3. The highest BCUT2D eigenvalue weighted by Gasteiger charge is 2.35. The van der Waals surface area contributed by atoms with Crippen molar-refractivity contribution in [1.82, 2.24) is 14.9 Å². The summed E-state index contributed by atoms with van der Waals surface area (Å²) in [7, 11) is 0. The SMILES string of the molecule is O=C(CC(F)(F)F)N1CCC[C@@H](Oc2ccncn2)C1. The van der Waals surface area contributed by atoms with E-state index in [9.17, 15) is 18.0 Å². The first kappa shape index (κ1) is 14.5. The summed E-state index contributed by atoms with van der Waals surface area (Å²) in [5.41, 5.74) is 0. The van der Waals surface area contributed by atoms with Gasteiger partial charge < -0.3 is 9.64 Å². The van der Waals surface area contributed by atoms with E-state index >= 15 is 0 Å². The molecule has 0 aliphatic carbocycles. The lowest BCUT2D eigenvalue weighted by Gasteiger charge is -2.32.